The molecule has 2 aromatic rings. The average Bonchev–Trinajstić information content (AvgIpc) is 2.99. The zero-order valence-corrected chi connectivity index (χ0v) is 12.4. The molecule has 0 bridgehead atoms. The lowest BCUT2D eigenvalue weighted by molar-refractivity contribution is 0.0938. The first-order valence-electron chi connectivity index (χ1n) is 7.22. The summed E-state index contributed by atoms with van der Waals surface area (Å²) in [6, 6.07) is 7.43. The van der Waals surface area contributed by atoms with Gasteiger partial charge in [0.15, 0.2) is 0 Å². The van der Waals surface area contributed by atoms with Crippen molar-refractivity contribution in [3.63, 3.8) is 0 Å². The number of hydrogen-bond donors (Lipinski definition) is 2. The third kappa shape index (κ3) is 4.34. The smallest absolute Gasteiger partial charge is 0.255 e. The minimum absolute atomic E-state index is 0.0669. The number of furan rings is 1. The van der Waals surface area contributed by atoms with E-state index in [0.29, 0.717) is 11.4 Å². The Labute approximate surface area is 124 Å². The quantitative estimate of drug-likeness (QED) is 0.821. The lowest BCUT2D eigenvalue weighted by Crippen LogP contribution is -2.33. The molecule has 21 heavy (non-hydrogen) atoms. The van der Waals surface area contributed by atoms with Gasteiger partial charge in [-0.3, -0.25) is 4.79 Å². The number of amides is 1. The molecule has 2 aromatic heterocycles. The van der Waals surface area contributed by atoms with Crippen LogP contribution in [0.1, 0.15) is 36.4 Å². The number of anilines is 1. The van der Waals surface area contributed by atoms with Gasteiger partial charge in [0, 0.05) is 25.2 Å². The van der Waals surface area contributed by atoms with Crippen molar-refractivity contribution in [3.05, 3.63) is 48.0 Å². The van der Waals surface area contributed by atoms with Gasteiger partial charge in [-0.05, 0) is 44.5 Å². The molecule has 0 saturated carbocycles. The molecule has 0 spiro atoms. The van der Waals surface area contributed by atoms with Crippen LogP contribution >= 0.6 is 0 Å². The molecule has 1 amide bonds. The molecule has 0 saturated heterocycles. The monoisotopic (exact) mass is 287 g/mol. The third-order valence-corrected chi connectivity index (χ3v) is 3.18. The summed E-state index contributed by atoms with van der Waals surface area (Å²) in [7, 11) is 0. The number of carbonyl (C=O) groups is 1. The van der Waals surface area contributed by atoms with Gasteiger partial charge in [0.05, 0.1) is 11.8 Å². The molecule has 1 atom stereocenters. The van der Waals surface area contributed by atoms with Crippen LogP contribution in [0.15, 0.2) is 41.1 Å². The lowest BCUT2D eigenvalue weighted by atomic mass is 10.1. The number of rotatable bonds is 7. The second-order valence-corrected chi connectivity index (χ2v) is 4.92. The number of nitrogens with one attached hydrogen (secondary N) is 2. The van der Waals surface area contributed by atoms with Crippen LogP contribution in [0.5, 0.6) is 0 Å². The van der Waals surface area contributed by atoms with Crippen molar-refractivity contribution in [2.75, 3.05) is 11.9 Å². The maximum absolute atomic E-state index is 12.3. The summed E-state index contributed by atoms with van der Waals surface area (Å²) in [5.74, 6) is 1.45. The predicted octanol–water partition coefficient (Wildman–Crippen LogP) is 2.86. The van der Waals surface area contributed by atoms with E-state index in [1.165, 1.54) is 0 Å². The van der Waals surface area contributed by atoms with Crippen LogP contribution in [0.2, 0.25) is 0 Å². The van der Waals surface area contributed by atoms with Gasteiger partial charge in [-0.15, -0.1) is 0 Å². The van der Waals surface area contributed by atoms with Crippen LogP contribution in [-0.4, -0.2) is 23.5 Å². The van der Waals surface area contributed by atoms with Gasteiger partial charge in [-0.1, -0.05) is 0 Å². The fourth-order valence-corrected chi connectivity index (χ4v) is 2.08. The molecule has 0 fully saturated rings. The van der Waals surface area contributed by atoms with E-state index < -0.39 is 0 Å². The zero-order valence-electron chi connectivity index (χ0n) is 12.4. The summed E-state index contributed by atoms with van der Waals surface area (Å²) < 4.78 is 5.29. The molecule has 0 aliphatic heterocycles. The summed E-state index contributed by atoms with van der Waals surface area (Å²) in [5.41, 5.74) is 0.573. The van der Waals surface area contributed by atoms with Crippen molar-refractivity contribution in [3.8, 4) is 0 Å². The summed E-state index contributed by atoms with van der Waals surface area (Å²) >= 11 is 0. The molecule has 0 aliphatic rings. The fraction of sp³-hybridized carbons (Fsp3) is 0.375. The van der Waals surface area contributed by atoms with Gasteiger partial charge in [0.25, 0.3) is 5.91 Å². The molecule has 5 heteroatoms. The Morgan fingerprint density at radius 3 is 2.95 bits per heavy atom. The van der Waals surface area contributed by atoms with E-state index in [2.05, 4.69) is 15.6 Å². The number of aryl methyl sites for hydroxylation is 1. The fourth-order valence-electron chi connectivity index (χ4n) is 2.08. The first-order chi connectivity index (χ1) is 10.2. The molecule has 2 rings (SSSR count). The number of hydrogen-bond acceptors (Lipinski definition) is 4. The van der Waals surface area contributed by atoms with Crippen molar-refractivity contribution in [2.24, 2.45) is 0 Å². The highest BCUT2D eigenvalue weighted by atomic mass is 16.3. The Morgan fingerprint density at radius 1 is 1.38 bits per heavy atom. The van der Waals surface area contributed by atoms with Gasteiger partial charge < -0.3 is 15.1 Å². The summed E-state index contributed by atoms with van der Waals surface area (Å²) in [5, 5.41) is 6.09. The molecule has 2 heterocycles. The van der Waals surface area contributed by atoms with Crippen molar-refractivity contribution in [1.82, 2.24) is 10.3 Å². The molecule has 0 aliphatic carbocycles. The SMILES string of the molecule is CCNc1ncccc1C(=O)NC(C)CCc1ccco1. The minimum atomic E-state index is -0.106. The van der Waals surface area contributed by atoms with Crippen LogP contribution in [-0.2, 0) is 6.42 Å². The van der Waals surface area contributed by atoms with E-state index in [4.69, 9.17) is 4.42 Å². The maximum atomic E-state index is 12.3. The van der Waals surface area contributed by atoms with Crippen molar-refractivity contribution in [1.29, 1.82) is 0 Å². The molecular formula is C16H21N3O2. The highest BCUT2D eigenvalue weighted by Crippen LogP contribution is 2.12. The second-order valence-electron chi connectivity index (χ2n) is 4.92. The summed E-state index contributed by atoms with van der Waals surface area (Å²) in [6.07, 6.45) is 4.98. The number of carbonyl (C=O) groups excluding carboxylic acids is 1. The zero-order chi connectivity index (χ0) is 15.1. The van der Waals surface area contributed by atoms with E-state index in [-0.39, 0.29) is 11.9 Å². The van der Waals surface area contributed by atoms with E-state index in [1.54, 1.807) is 24.6 Å². The highest BCUT2D eigenvalue weighted by molar-refractivity contribution is 5.98. The number of aromatic nitrogens is 1. The van der Waals surface area contributed by atoms with Crippen molar-refractivity contribution < 1.29 is 9.21 Å². The molecule has 1 unspecified atom stereocenters. The van der Waals surface area contributed by atoms with E-state index in [9.17, 15) is 4.79 Å². The van der Waals surface area contributed by atoms with Crippen molar-refractivity contribution in [2.45, 2.75) is 32.7 Å². The first-order valence-corrected chi connectivity index (χ1v) is 7.22. The summed E-state index contributed by atoms with van der Waals surface area (Å²) in [6.45, 7) is 4.69. The van der Waals surface area contributed by atoms with Gasteiger partial charge in [0.1, 0.15) is 11.6 Å². The average molecular weight is 287 g/mol. The van der Waals surface area contributed by atoms with Gasteiger partial charge >= 0.3 is 0 Å². The topological polar surface area (TPSA) is 67.2 Å². The second kappa shape index (κ2) is 7.47. The molecule has 0 aromatic carbocycles. The third-order valence-electron chi connectivity index (χ3n) is 3.18. The van der Waals surface area contributed by atoms with E-state index >= 15 is 0 Å². The van der Waals surface area contributed by atoms with Gasteiger partial charge in [-0.25, -0.2) is 4.98 Å². The Kier molecular flexibility index (Phi) is 5.37. The van der Waals surface area contributed by atoms with E-state index in [1.807, 2.05) is 26.0 Å². The highest BCUT2D eigenvalue weighted by Gasteiger charge is 2.14. The minimum Gasteiger partial charge on any atom is -0.469 e. The van der Waals surface area contributed by atoms with Crippen molar-refractivity contribution >= 4 is 11.7 Å². The molecule has 5 nitrogen and oxygen atoms in total. The largest absolute Gasteiger partial charge is 0.469 e. The molecule has 2 N–H and O–H groups in total. The standard InChI is InChI=1S/C16H21N3O2/c1-3-17-15-14(7-4-10-18-15)16(20)19-12(2)8-9-13-6-5-11-21-13/h4-7,10-12H,3,8-9H2,1-2H3,(H,17,18)(H,19,20). The Morgan fingerprint density at radius 2 is 2.24 bits per heavy atom. The summed E-state index contributed by atoms with van der Waals surface area (Å²) in [4.78, 5) is 16.5. The van der Waals surface area contributed by atoms with Crippen LogP contribution < -0.4 is 10.6 Å². The number of pyridine rings is 1. The molecular weight excluding hydrogens is 266 g/mol. The van der Waals surface area contributed by atoms with Crippen LogP contribution in [0.3, 0.4) is 0 Å². The van der Waals surface area contributed by atoms with Crippen LogP contribution in [0.4, 0.5) is 5.82 Å². The Bertz CT molecular complexity index is 567. The van der Waals surface area contributed by atoms with Crippen LogP contribution in [0, 0.1) is 0 Å². The lowest BCUT2D eigenvalue weighted by Gasteiger charge is -2.15. The predicted molar refractivity (Wildman–Crippen MR) is 82.4 cm³/mol. The number of nitrogens with zero attached hydrogens (tertiary/aromatic N) is 1. The van der Waals surface area contributed by atoms with Crippen LogP contribution in [0.25, 0.3) is 0 Å². The van der Waals surface area contributed by atoms with Gasteiger partial charge in [0.2, 0.25) is 0 Å². The molecule has 112 valence electrons. The normalized spacial score (nSPS) is 11.9. The van der Waals surface area contributed by atoms with E-state index in [0.717, 1.165) is 25.1 Å². The Hall–Kier alpha value is -2.30. The first kappa shape index (κ1) is 15.1. The molecule has 0 radical (unpaired) electrons. The maximum Gasteiger partial charge on any atom is 0.255 e. The Balaban J connectivity index is 1.91. The van der Waals surface area contributed by atoms with Gasteiger partial charge in [-0.2, -0.15) is 0 Å².